The van der Waals surface area contributed by atoms with Crippen molar-refractivity contribution in [1.29, 1.82) is 0 Å². The fourth-order valence-electron chi connectivity index (χ4n) is 3.29. The van der Waals surface area contributed by atoms with Gasteiger partial charge in [-0.05, 0) is 49.2 Å². The van der Waals surface area contributed by atoms with E-state index in [1.165, 1.54) is 4.68 Å². The number of hydrogen-bond donors (Lipinski definition) is 0. The molecule has 0 spiro atoms. The summed E-state index contributed by atoms with van der Waals surface area (Å²) in [4.78, 5) is 18.0. The fraction of sp³-hybridized carbons (Fsp3) is 0.192. The van der Waals surface area contributed by atoms with E-state index >= 15 is 0 Å². The van der Waals surface area contributed by atoms with Gasteiger partial charge in [0.2, 0.25) is 0 Å². The van der Waals surface area contributed by atoms with Crippen molar-refractivity contribution in [3.05, 3.63) is 88.7 Å². The molecule has 0 aliphatic carbocycles. The van der Waals surface area contributed by atoms with Crippen molar-refractivity contribution in [2.45, 2.75) is 26.4 Å². The second-order valence-electron chi connectivity index (χ2n) is 7.43. The number of para-hydroxylation sites is 1. The van der Waals surface area contributed by atoms with Crippen LogP contribution in [0.15, 0.2) is 82.7 Å². The molecule has 162 valence electrons. The van der Waals surface area contributed by atoms with Gasteiger partial charge in [0, 0.05) is 5.56 Å². The van der Waals surface area contributed by atoms with E-state index in [-0.39, 0.29) is 11.7 Å². The highest BCUT2D eigenvalue weighted by molar-refractivity contribution is 5.82. The van der Waals surface area contributed by atoms with Gasteiger partial charge in [-0.3, -0.25) is 4.79 Å². The third-order valence-corrected chi connectivity index (χ3v) is 5.20. The SMILES string of the molecule is CC[C@H](C)Oc1ccc(C=Nn2c(-c3ccccc3)nc3ccccc3c2=O)cc1OC. The van der Waals surface area contributed by atoms with E-state index in [0.717, 1.165) is 17.5 Å². The molecule has 32 heavy (non-hydrogen) atoms. The van der Waals surface area contributed by atoms with Crippen LogP contribution < -0.4 is 15.0 Å². The van der Waals surface area contributed by atoms with E-state index in [4.69, 9.17) is 14.5 Å². The summed E-state index contributed by atoms with van der Waals surface area (Å²) in [5, 5.41) is 5.02. The Bertz CT molecular complexity index is 1310. The molecule has 4 rings (SSSR count). The summed E-state index contributed by atoms with van der Waals surface area (Å²) in [6, 6.07) is 22.4. The molecule has 3 aromatic carbocycles. The molecule has 0 bridgehead atoms. The summed E-state index contributed by atoms with van der Waals surface area (Å²) in [6.45, 7) is 4.08. The van der Waals surface area contributed by atoms with Crippen LogP contribution in [0.25, 0.3) is 22.3 Å². The van der Waals surface area contributed by atoms with Crippen molar-refractivity contribution < 1.29 is 9.47 Å². The molecule has 6 nitrogen and oxygen atoms in total. The highest BCUT2D eigenvalue weighted by atomic mass is 16.5. The summed E-state index contributed by atoms with van der Waals surface area (Å²) in [7, 11) is 1.60. The molecule has 1 heterocycles. The van der Waals surface area contributed by atoms with Crippen molar-refractivity contribution >= 4 is 17.1 Å². The number of benzene rings is 3. The molecule has 0 saturated carbocycles. The molecule has 1 atom stereocenters. The van der Waals surface area contributed by atoms with Gasteiger partial charge < -0.3 is 9.47 Å². The number of rotatable bonds is 7. The third-order valence-electron chi connectivity index (χ3n) is 5.20. The van der Waals surface area contributed by atoms with Gasteiger partial charge in [0.25, 0.3) is 5.56 Å². The van der Waals surface area contributed by atoms with Crippen LogP contribution in [0.1, 0.15) is 25.8 Å². The number of aromatic nitrogens is 2. The van der Waals surface area contributed by atoms with Crippen molar-refractivity contribution in [3.8, 4) is 22.9 Å². The first-order chi connectivity index (χ1) is 15.6. The van der Waals surface area contributed by atoms with Crippen molar-refractivity contribution in [2.24, 2.45) is 5.10 Å². The Labute approximate surface area is 186 Å². The average molecular weight is 428 g/mol. The molecule has 4 aromatic rings. The van der Waals surface area contributed by atoms with Crippen LogP contribution in [0.4, 0.5) is 0 Å². The van der Waals surface area contributed by atoms with Gasteiger partial charge in [-0.25, -0.2) is 4.98 Å². The lowest BCUT2D eigenvalue weighted by Crippen LogP contribution is -2.20. The van der Waals surface area contributed by atoms with Gasteiger partial charge in [-0.2, -0.15) is 9.78 Å². The normalized spacial score (nSPS) is 12.2. The molecule has 0 radical (unpaired) electrons. The lowest BCUT2D eigenvalue weighted by Gasteiger charge is -2.15. The van der Waals surface area contributed by atoms with Gasteiger partial charge in [0.15, 0.2) is 17.3 Å². The Morgan fingerprint density at radius 1 is 1.03 bits per heavy atom. The maximum absolute atomic E-state index is 13.2. The zero-order valence-electron chi connectivity index (χ0n) is 18.4. The highest BCUT2D eigenvalue weighted by Crippen LogP contribution is 2.29. The van der Waals surface area contributed by atoms with Crippen molar-refractivity contribution in [2.75, 3.05) is 7.11 Å². The Balaban J connectivity index is 1.79. The van der Waals surface area contributed by atoms with Crippen LogP contribution in [-0.2, 0) is 0 Å². The topological polar surface area (TPSA) is 65.7 Å². The molecular weight excluding hydrogens is 402 g/mol. The minimum atomic E-state index is -0.227. The van der Waals surface area contributed by atoms with Gasteiger partial charge in [0.1, 0.15) is 0 Å². The fourth-order valence-corrected chi connectivity index (χ4v) is 3.29. The molecule has 0 N–H and O–H groups in total. The highest BCUT2D eigenvalue weighted by Gasteiger charge is 2.12. The van der Waals surface area contributed by atoms with Gasteiger partial charge in [-0.1, -0.05) is 49.4 Å². The Hall–Kier alpha value is -3.93. The second kappa shape index (κ2) is 9.47. The van der Waals surface area contributed by atoms with E-state index in [1.807, 2.05) is 73.7 Å². The molecule has 0 unspecified atom stereocenters. The summed E-state index contributed by atoms with van der Waals surface area (Å²) in [5.41, 5.74) is 1.99. The van der Waals surface area contributed by atoms with Crippen LogP contribution in [0.5, 0.6) is 11.5 Å². The minimum Gasteiger partial charge on any atom is -0.493 e. The number of methoxy groups -OCH3 is 1. The molecular formula is C26H25N3O3. The van der Waals surface area contributed by atoms with Crippen LogP contribution in [0.3, 0.4) is 0 Å². The summed E-state index contributed by atoms with van der Waals surface area (Å²) < 4.78 is 12.7. The number of nitrogens with zero attached hydrogens (tertiary/aromatic N) is 3. The number of fused-ring (bicyclic) bond motifs is 1. The number of hydrogen-bond acceptors (Lipinski definition) is 5. The van der Waals surface area contributed by atoms with Crippen LogP contribution in [0.2, 0.25) is 0 Å². The lowest BCUT2D eigenvalue weighted by atomic mass is 10.2. The molecule has 6 heteroatoms. The lowest BCUT2D eigenvalue weighted by molar-refractivity contribution is 0.207. The van der Waals surface area contributed by atoms with E-state index in [0.29, 0.717) is 28.2 Å². The predicted molar refractivity (Wildman–Crippen MR) is 128 cm³/mol. The molecule has 0 amide bonds. The molecule has 0 aliphatic heterocycles. The molecule has 0 fully saturated rings. The third kappa shape index (κ3) is 4.39. The van der Waals surface area contributed by atoms with Crippen LogP contribution in [-0.4, -0.2) is 29.1 Å². The zero-order chi connectivity index (χ0) is 22.5. The van der Waals surface area contributed by atoms with Crippen molar-refractivity contribution in [1.82, 2.24) is 9.66 Å². The first-order valence-electron chi connectivity index (χ1n) is 10.6. The first kappa shape index (κ1) is 21.3. The maximum atomic E-state index is 13.2. The number of ether oxygens (including phenoxy) is 2. The largest absolute Gasteiger partial charge is 0.493 e. The smallest absolute Gasteiger partial charge is 0.282 e. The molecule has 1 aromatic heterocycles. The Morgan fingerprint density at radius 3 is 2.53 bits per heavy atom. The van der Waals surface area contributed by atoms with Crippen LogP contribution >= 0.6 is 0 Å². The standard InChI is InChI=1S/C26H25N3O3/c1-4-18(2)32-23-15-14-19(16-24(23)31-3)17-27-29-25(20-10-6-5-7-11-20)28-22-13-9-8-12-21(22)26(29)30/h5-18H,4H2,1-3H3/t18-/m0/s1. The Morgan fingerprint density at radius 2 is 1.78 bits per heavy atom. The van der Waals surface area contributed by atoms with E-state index in [9.17, 15) is 4.79 Å². The average Bonchev–Trinajstić information content (AvgIpc) is 2.84. The van der Waals surface area contributed by atoms with Gasteiger partial charge in [0.05, 0.1) is 30.3 Å². The summed E-state index contributed by atoms with van der Waals surface area (Å²) in [5.74, 6) is 1.77. The van der Waals surface area contributed by atoms with Crippen molar-refractivity contribution in [3.63, 3.8) is 0 Å². The zero-order valence-corrected chi connectivity index (χ0v) is 18.4. The molecule has 0 aliphatic rings. The maximum Gasteiger partial charge on any atom is 0.282 e. The van der Waals surface area contributed by atoms with Gasteiger partial charge >= 0.3 is 0 Å². The minimum absolute atomic E-state index is 0.0825. The predicted octanol–water partition coefficient (Wildman–Crippen LogP) is 5.13. The summed E-state index contributed by atoms with van der Waals surface area (Å²) in [6.07, 6.45) is 2.60. The quantitative estimate of drug-likeness (QED) is 0.384. The Kier molecular flexibility index (Phi) is 6.31. The van der Waals surface area contributed by atoms with E-state index in [1.54, 1.807) is 19.4 Å². The molecule has 0 saturated heterocycles. The van der Waals surface area contributed by atoms with E-state index in [2.05, 4.69) is 12.0 Å². The van der Waals surface area contributed by atoms with Crippen LogP contribution in [0, 0.1) is 0 Å². The summed E-state index contributed by atoms with van der Waals surface area (Å²) >= 11 is 0. The monoisotopic (exact) mass is 427 g/mol. The van der Waals surface area contributed by atoms with E-state index < -0.39 is 0 Å². The first-order valence-corrected chi connectivity index (χ1v) is 10.6. The van der Waals surface area contributed by atoms with Gasteiger partial charge in [-0.15, -0.1) is 0 Å². The second-order valence-corrected chi connectivity index (χ2v) is 7.43.